The number of hydrogen-bond acceptors (Lipinski definition) is 3. The largest absolute Gasteiger partial charge is 0.378 e. The Hall–Kier alpha value is -2.89. The number of rotatable bonds is 8. The fourth-order valence-corrected chi connectivity index (χ4v) is 4.60. The van der Waals surface area contributed by atoms with E-state index in [9.17, 15) is 4.79 Å². The zero-order valence-corrected chi connectivity index (χ0v) is 19.7. The molecule has 1 heterocycles. The van der Waals surface area contributed by atoms with E-state index in [0.717, 1.165) is 16.1 Å². The number of benzene rings is 3. The molecule has 0 saturated carbocycles. The summed E-state index contributed by atoms with van der Waals surface area (Å²) in [5, 5.41) is 5.02. The molecule has 32 heavy (non-hydrogen) atoms. The molecular weight excluding hydrogens is 438 g/mol. The number of amides is 1. The van der Waals surface area contributed by atoms with Gasteiger partial charge in [-0.3, -0.25) is 4.79 Å². The van der Waals surface area contributed by atoms with E-state index in [0.29, 0.717) is 17.3 Å². The SMILES string of the molecule is CN(C)c1ccc([C@@H](CNC(=O)CSc2ccc(Cl)cc2)c2c[nH]c3ccccc23)cc1. The average Bonchev–Trinajstić information content (AvgIpc) is 3.23. The summed E-state index contributed by atoms with van der Waals surface area (Å²) in [7, 11) is 4.06. The van der Waals surface area contributed by atoms with Gasteiger partial charge in [-0.1, -0.05) is 41.9 Å². The van der Waals surface area contributed by atoms with E-state index in [1.54, 1.807) is 0 Å². The second-order valence-corrected chi connectivity index (χ2v) is 9.36. The molecule has 1 aromatic heterocycles. The molecule has 0 aliphatic rings. The van der Waals surface area contributed by atoms with E-state index < -0.39 is 0 Å². The average molecular weight is 464 g/mol. The number of anilines is 1. The van der Waals surface area contributed by atoms with E-state index in [2.05, 4.69) is 57.8 Å². The fourth-order valence-electron chi connectivity index (χ4n) is 3.74. The van der Waals surface area contributed by atoms with Crippen LogP contribution in [0.2, 0.25) is 5.02 Å². The van der Waals surface area contributed by atoms with Crippen LogP contribution in [0, 0.1) is 0 Å². The van der Waals surface area contributed by atoms with Gasteiger partial charge >= 0.3 is 0 Å². The third kappa shape index (κ3) is 5.29. The van der Waals surface area contributed by atoms with Crippen molar-refractivity contribution in [3.63, 3.8) is 0 Å². The summed E-state index contributed by atoms with van der Waals surface area (Å²) in [6.07, 6.45) is 2.06. The first-order chi connectivity index (χ1) is 15.5. The van der Waals surface area contributed by atoms with Gasteiger partial charge in [-0.25, -0.2) is 0 Å². The topological polar surface area (TPSA) is 48.1 Å². The summed E-state index contributed by atoms with van der Waals surface area (Å²) in [4.78, 5) is 19.1. The van der Waals surface area contributed by atoms with Crippen molar-refractivity contribution in [3.05, 3.63) is 95.1 Å². The first-order valence-electron chi connectivity index (χ1n) is 10.5. The second kappa shape index (κ2) is 10.2. The maximum absolute atomic E-state index is 12.6. The number of para-hydroxylation sites is 1. The van der Waals surface area contributed by atoms with Crippen molar-refractivity contribution in [1.82, 2.24) is 10.3 Å². The molecular formula is C26H26ClN3OS. The molecule has 0 saturated heterocycles. The summed E-state index contributed by atoms with van der Waals surface area (Å²) in [5.74, 6) is 0.425. The molecule has 1 amide bonds. The molecule has 4 rings (SSSR count). The van der Waals surface area contributed by atoms with Gasteiger partial charge in [0.15, 0.2) is 0 Å². The highest BCUT2D eigenvalue weighted by Gasteiger charge is 2.19. The number of halogens is 1. The number of hydrogen-bond donors (Lipinski definition) is 2. The summed E-state index contributed by atoms with van der Waals surface area (Å²) in [6.45, 7) is 0.531. The molecule has 0 aliphatic heterocycles. The lowest BCUT2D eigenvalue weighted by molar-refractivity contribution is -0.118. The van der Waals surface area contributed by atoms with Crippen LogP contribution < -0.4 is 10.2 Å². The van der Waals surface area contributed by atoms with E-state index in [1.165, 1.54) is 28.3 Å². The Morgan fingerprint density at radius 3 is 2.47 bits per heavy atom. The number of carbonyl (C=O) groups is 1. The summed E-state index contributed by atoms with van der Waals surface area (Å²) in [5.41, 5.74) is 4.60. The molecule has 6 heteroatoms. The van der Waals surface area contributed by atoms with Gasteiger partial charge in [0.25, 0.3) is 0 Å². The van der Waals surface area contributed by atoms with Gasteiger partial charge in [-0.2, -0.15) is 0 Å². The highest BCUT2D eigenvalue weighted by Crippen LogP contribution is 2.31. The van der Waals surface area contributed by atoms with Gasteiger partial charge in [-0.15, -0.1) is 11.8 Å². The monoisotopic (exact) mass is 463 g/mol. The third-order valence-electron chi connectivity index (χ3n) is 5.50. The van der Waals surface area contributed by atoms with Crippen molar-refractivity contribution < 1.29 is 4.79 Å². The number of thioether (sulfide) groups is 1. The Labute approximate surface area is 198 Å². The van der Waals surface area contributed by atoms with Crippen molar-refractivity contribution in [3.8, 4) is 0 Å². The predicted octanol–water partition coefficient (Wildman–Crippen LogP) is 5.93. The van der Waals surface area contributed by atoms with Crippen LogP contribution in [0.25, 0.3) is 10.9 Å². The van der Waals surface area contributed by atoms with E-state index in [1.807, 2.05) is 50.5 Å². The number of aromatic amines is 1. The van der Waals surface area contributed by atoms with Crippen LogP contribution in [0.5, 0.6) is 0 Å². The van der Waals surface area contributed by atoms with E-state index >= 15 is 0 Å². The number of H-pyrrole nitrogens is 1. The number of nitrogens with one attached hydrogen (secondary N) is 2. The lowest BCUT2D eigenvalue weighted by Gasteiger charge is -2.20. The van der Waals surface area contributed by atoms with Crippen molar-refractivity contribution in [2.24, 2.45) is 0 Å². The van der Waals surface area contributed by atoms with Crippen LogP contribution in [0.15, 0.2) is 83.9 Å². The molecule has 4 aromatic rings. The smallest absolute Gasteiger partial charge is 0.230 e. The second-order valence-electron chi connectivity index (χ2n) is 7.87. The summed E-state index contributed by atoms with van der Waals surface area (Å²) in [6, 6.07) is 24.4. The Morgan fingerprint density at radius 2 is 1.75 bits per heavy atom. The maximum atomic E-state index is 12.6. The predicted molar refractivity (Wildman–Crippen MR) is 136 cm³/mol. The molecule has 1 atom stereocenters. The van der Waals surface area contributed by atoms with Crippen LogP contribution in [0.4, 0.5) is 5.69 Å². The van der Waals surface area contributed by atoms with Crippen molar-refractivity contribution >= 4 is 45.9 Å². The summed E-state index contributed by atoms with van der Waals surface area (Å²) >= 11 is 7.45. The zero-order chi connectivity index (χ0) is 22.5. The van der Waals surface area contributed by atoms with Crippen LogP contribution in [0.3, 0.4) is 0 Å². The number of aromatic nitrogens is 1. The number of fused-ring (bicyclic) bond motifs is 1. The first kappa shape index (κ1) is 22.3. The van der Waals surface area contributed by atoms with Gasteiger partial charge in [0.1, 0.15) is 0 Å². The maximum Gasteiger partial charge on any atom is 0.230 e. The molecule has 2 N–H and O–H groups in total. The Bertz CT molecular complexity index is 1190. The Kier molecular flexibility index (Phi) is 7.08. The normalized spacial score (nSPS) is 12.0. The molecule has 0 radical (unpaired) electrons. The van der Waals surface area contributed by atoms with Gasteiger partial charge in [-0.05, 0) is 53.6 Å². The van der Waals surface area contributed by atoms with Gasteiger partial charge in [0.2, 0.25) is 5.91 Å². The lowest BCUT2D eigenvalue weighted by atomic mass is 9.90. The molecule has 164 valence electrons. The lowest BCUT2D eigenvalue weighted by Crippen LogP contribution is -2.30. The molecule has 0 fully saturated rings. The third-order valence-corrected chi connectivity index (χ3v) is 6.76. The molecule has 0 unspecified atom stereocenters. The number of carbonyl (C=O) groups excluding carboxylic acids is 1. The standard InChI is InChI=1S/C26H26ClN3OS/c1-30(2)20-11-7-18(8-12-20)23(24-16-28-25-6-4-3-5-22(24)25)15-29-26(31)17-32-21-13-9-19(27)10-14-21/h3-14,16,23,28H,15,17H2,1-2H3,(H,29,31)/t23-/m1/s1. The van der Waals surface area contributed by atoms with Crippen LogP contribution in [-0.4, -0.2) is 37.3 Å². The highest BCUT2D eigenvalue weighted by atomic mass is 35.5. The molecule has 0 bridgehead atoms. The molecule has 4 nitrogen and oxygen atoms in total. The van der Waals surface area contributed by atoms with E-state index in [4.69, 9.17) is 11.6 Å². The minimum Gasteiger partial charge on any atom is -0.378 e. The fraction of sp³-hybridized carbons (Fsp3) is 0.192. The number of nitrogens with zero attached hydrogens (tertiary/aromatic N) is 1. The van der Waals surface area contributed by atoms with Crippen LogP contribution in [0.1, 0.15) is 17.0 Å². The Balaban J connectivity index is 1.51. The van der Waals surface area contributed by atoms with Crippen LogP contribution in [-0.2, 0) is 4.79 Å². The van der Waals surface area contributed by atoms with Gasteiger partial charge < -0.3 is 15.2 Å². The minimum atomic E-state index is 0.0136. The highest BCUT2D eigenvalue weighted by molar-refractivity contribution is 8.00. The first-order valence-corrected chi connectivity index (χ1v) is 11.9. The molecule has 3 aromatic carbocycles. The van der Waals surface area contributed by atoms with Gasteiger partial charge in [0.05, 0.1) is 5.75 Å². The van der Waals surface area contributed by atoms with Crippen molar-refractivity contribution in [2.45, 2.75) is 10.8 Å². The quantitative estimate of drug-likeness (QED) is 0.318. The Morgan fingerprint density at radius 1 is 1.03 bits per heavy atom. The van der Waals surface area contributed by atoms with Gasteiger partial charge in [0, 0.05) is 59.3 Å². The van der Waals surface area contributed by atoms with E-state index in [-0.39, 0.29) is 11.8 Å². The zero-order valence-electron chi connectivity index (χ0n) is 18.1. The molecule has 0 spiro atoms. The van der Waals surface area contributed by atoms with Crippen LogP contribution >= 0.6 is 23.4 Å². The summed E-state index contributed by atoms with van der Waals surface area (Å²) < 4.78 is 0. The van der Waals surface area contributed by atoms with Crippen molar-refractivity contribution in [1.29, 1.82) is 0 Å². The minimum absolute atomic E-state index is 0.0136. The molecule has 0 aliphatic carbocycles. The van der Waals surface area contributed by atoms with Crippen molar-refractivity contribution in [2.75, 3.05) is 31.3 Å².